The Kier molecular flexibility index (Phi) is 5.78. The van der Waals surface area contributed by atoms with Crippen molar-refractivity contribution >= 4 is 11.8 Å². The van der Waals surface area contributed by atoms with Crippen LogP contribution >= 0.6 is 0 Å². The van der Waals surface area contributed by atoms with Gasteiger partial charge in [-0.15, -0.1) is 0 Å². The lowest BCUT2D eigenvalue weighted by molar-refractivity contribution is 0.134. The lowest BCUT2D eigenvalue weighted by atomic mass is 10.0. The molecule has 0 radical (unpaired) electrons. The van der Waals surface area contributed by atoms with Gasteiger partial charge in [0.25, 0.3) is 0 Å². The molecule has 162 valence electrons. The summed E-state index contributed by atoms with van der Waals surface area (Å²) in [7, 11) is 0. The second-order valence-corrected chi connectivity index (χ2v) is 8.50. The number of nitrogens with zero attached hydrogens (tertiary/aromatic N) is 3. The first-order chi connectivity index (χ1) is 14.8. The maximum Gasteiger partial charge on any atom is 0.323 e. The number of amides is 2. The summed E-state index contributed by atoms with van der Waals surface area (Å²) in [6, 6.07) is 9.91. The maximum absolute atomic E-state index is 12.3. The third-order valence-electron chi connectivity index (χ3n) is 5.33. The van der Waals surface area contributed by atoms with Gasteiger partial charge < -0.3 is 14.5 Å². The van der Waals surface area contributed by atoms with Crippen LogP contribution in [-0.4, -0.2) is 34.7 Å². The van der Waals surface area contributed by atoms with Crippen LogP contribution in [0.5, 0.6) is 0 Å². The number of nitrogens with one attached hydrogen (secondary N) is 1. The Morgan fingerprint density at radius 3 is 2.81 bits per heavy atom. The highest BCUT2D eigenvalue weighted by molar-refractivity contribution is 5.94. The minimum absolute atomic E-state index is 0.143. The van der Waals surface area contributed by atoms with Gasteiger partial charge in [0.2, 0.25) is 0 Å². The van der Waals surface area contributed by atoms with Crippen LogP contribution in [0.3, 0.4) is 0 Å². The zero-order chi connectivity index (χ0) is 22.0. The maximum atomic E-state index is 12.3. The standard InChI is InChI=1S/C24H28N4O3/c1-5-30-14-17-7-6-16(2)19(10-17)12-22-26-13-20(31-22)18-8-9-25-21(11-18)28-15-24(3,4)27-23(28)29/h6-11,13H,5,12,14-15H2,1-4H3,(H,27,29). The number of aryl methyl sites for hydroxylation is 1. The Morgan fingerprint density at radius 1 is 1.23 bits per heavy atom. The summed E-state index contributed by atoms with van der Waals surface area (Å²) < 4.78 is 11.6. The Bertz CT molecular complexity index is 1090. The summed E-state index contributed by atoms with van der Waals surface area (Å²) in [5, 5.41) is 2.96. The number of ether oxygens (including phenoxy) is 1. The second kappa shape index (κ2) is 8.51. The predicted octanol–water partition coefficient (Wildman–Crippen LogP) is 4.48. The van der Waals surface area contributed by atoms with Crippen molar-refractivity contribution in [2.24, 2.45) is 0 Å². The molecule has 1 aliphatic heterocycles. The van der Waals surface area contributed by atoms with E-state index in [2.05, 4.69) is 40.4 Å². The molecule has 7 nitrogen and oxygen atoms in total. The van der Waals surface area contributed by atoms with Crippen LogP contribution in [0.25, 0.3) is 11.3 Å². The summed E-state index contributed by atoms with van der Waals surface area (Å²) in [4.78, 5) is 22.8. The summed E-state index contributed by atoms with van der Waals surface area (Å²) >= 11 is 0. The molecule has 3 aromatic rings. The Labute approximate surface area is 182 Å². The summed E-state index contributed by atoms with van der Waals surface area (Å²) in [5.74, 6) is 1.89. The molecule has 0 atom stereocenters. The molecule has 0 unspecified atom stereocenters. The van der Waals surface area contributed by atoms with Gasteiger partial charge in [0.15, 0.2) is 11.7 Å². The molecule has 0 bridgehead atoms. The van der Waals surface area contributed by atoms with Crippen molar-refractivity contribution in [2.45, 2.75) is 46.3 Å². The average molecular weight is 421 g/mol. The average Bonchev–Trinajstić information content (AvgIpc) is 3.31. The van der Waals surface area contributed by atoms with E-state index in [9.17, 15) is 4.79 Å². The molecule has 7 heteroatoms. The largest absolute Gasteiger partial charge is 0.440 e. The molecule has 31 heavy (non-hydrogen) atoms. The lowest BCUT2D eigenvalue weighted by Crippen LogP contribution is -2.36. The van der Waals surface area contributed by atoms with E-state index in [4.69, 9.17) is 9.15 Å². The number of carbonyl (C=O) groups is 1. The second-order valence-electron chi connectivity index (χ2n) is 8.50. The van der Waals surface area contributed by atoms with Gasteiger partial charge in [0.1, 0.15) is 5.82 Å². The van der Waals surface area contributed by atoms with Crippen LogP contribution in [0.1, 0.15) is 43.4 Å². The van der Waals surface area contributed by atoms with Gasteiger partial charge in [-0.05, 0) is 56.5 Å². The van der Waals surface area contributed by atoms with Crippen LogP contribution in [-0.2, 0) is 17.8 Å². The molecule has 0 saturated carbocycles. The summed E-state index contributed by atoms with van der Waals surface area (Å²) in [6.07, 6.45) is 4.01. The van der Waals surface area contributed by atoms with E-state index in [0.717, 1.165) is 16.7 Å². The van der Waals surface area contributed by atoms with Crippen molar-refractivity contribution in [3.05, 3.63) is 65.3 Å². The Morgan fingerprint density at radius 2 is 2.06 bits per heavy atom. The molecule has 1 N–H and O–H groups in total. The lowest BCUT2D eigenvalue weighted by Gasteiger charge is -2.17. The number of carbonyl (C=O) groups excluding carboxylic acids is 1. The molecule has 1 fully saturated rings. The molecular formula is C24H28N4O3. The molecule has 1 aliphatic rings. The first kappa shape index (κ1) is 21.1. The van der Waals surface area contributed by atoms with E-state index < -0.39 is 0 Å². The molecule has 0 spiro atoms. The zero-order valence-electron chi connectivity index (χ0n) is 18.4. The first-order valence-corrected chi connectivity index (χ1v) is 10.5. The van der Waals surface area contributed by atoms with Crippen molar-refractivity contribution in [1.82, 2.24) is 15.3 Å². The quantitative estimate of drug-likeness (QED) is 0.610. The van der Waals surface area contributed by atoms with Crippen LogP contribution in [0.4, 0.5) is 10.6 Å². The Balaban J connectivity index is 1.53. The number of rotatable bonds is 7. The van der Waals surface area contributed by atoms with Crippen molar-refractivity contribution in [2.75, 3.05) is 18.1 Å². The van der Waals surface area contributed by atoms with Crippen molar-refractivity contribution < 1.29 is 13.9 Å². The smallest absolute Gasteiger partial charge is 0.323 e. The highest BCUT2D eigenvalue weighted by Gasteiger charge is 2.36. The number of pyridine rings is 1. The summed E-state index contributed by atoms with van der Waals surface area (Å²) in [5.41, 5.74) is 4.04. The molecule has 4 rings (SSSR count). The predicted molar refractivity (Wildman–Crippen MR) is 119 cm³/mol. The van der Waals surface area contributed by atoms with E-state index in [1.54, 1.807) is 17.3 Å². The molecule has 2 amide bonds. The van der Waals surface area contributed by atoms with Gasteiger partial charge >= 0.3 is 6.03 Å². The van der Waals surface area contributed by atoms with Crippen LogP contribution in [0.2, 0.25) is 0 Å². The Hall–Kier alpha value is -3.19. The van der Waals surface area contributed by atoms with Gasteiger partial charge in [-0.1, -0.05) is 18.2 Å². The van der Waals surface area contributed by atoms with Crippen LogP contribution < -0.4 is 10.2 Å². The number of benzene rings is 1. The topological polar surface area (TPSA) is 80.5 Å². The fraction of sp³-hybridized carbons (Fsp3) is 0.375. The molecular weight excluding hydrogens is 392 g/mol. The van der Waals surface area contributed by atoms with Crippen molar-refractivity contribution in [3.8, 4) is 11.3 Å². The fourth-order valence-electron chi connectivity index (χ4n) is 3.68. The third-order valence-corrected chi connectivity index (χ3v) is 5.33. The highest BCUT2D eigenvalue weighted by Crippen LogP contribution is 2.27. The van der Waals surface area contributed by atoms with Crippen LogP contribution in [0, 0.1) is 6.92 Å². The van der Waals surface area contributed by atoms with Crippen molar-refractivity contribution in [1.29, 1.82) is 0 Å². The molecule has 1 aromatic carbocycles. The number of aromatic nitrogens is 2. The van der Waals surface area contributed by atoms with E-state index in [1.807, 2.05) is 32.9 Å². The first-order valence-electron chi connectivity index (χ1n) is 10.5. The number of oxazole rings is 1. The van der Waals surface area contributed by atoms with Gasteiger partial charge in [-0.3, -0.25) is 4.90 Å². The molecule has 2 aromatic heterocycles. The zero-order valence-corrected chi connectivity index (χ0v) is 18.4. The summed E-state index contributed by atoms with van der Waals surface area (Å²) in [6.45, 7) is 9.90. The van der Waals surface area contributed by atoms with Gasteiger partial charge in [0.05, 0.1) is 24.9 Å². The van der Waals surface area contributed by atoms with E-state index in [0.29, 0.717) is 43.6 Å². The molecule has 1 saturated heterocycles. The van der Waals surface area contributed by atoms with E-state index in [-0.39, 0.29) is 11.6 Å². The minimum atomic E-state index is -0.289. The van der Waals surface area contributed by atoms with Gasteiger partial charge in [-0.2, -0.15) is 0 Å². The molecule has 3 heterocycles. The van der Waals surface area contributed by atoms with Crippen LogP contribution in [0.15, 0.2) is 47.1 Å². The van der Waals surface area contributed by atoms with Gasteiger partial charge in [-0.25, -0.2) is 14.8 Å². The van der Waals surface area contributed by atoms with E-state index >= 15 is 0 Å². The fourth-order valence-corrected chi connectivity index (χ4v) is 3.68. The number of hydrogen-bond acceptors (Lipinski definition) is 5. The minimum Gasteiger partial charge on any atom is -0.440 e. The number of urea groups is 1. The number of anilines is 1. The highest BCUT2D eigenvalue weighted by atomic mass is 16.5. The monoisotopic (exact) mass is 420 g/mol. The van der Waals surface area contributed by atoms with Crippen molar-refractivity contribution in [3.63, 3.8) is 0 Å². The number of hydrogen-bond donors (Lipinski definition) is 1. The third kappa shape index (κ3) is 4.77. The van der Waals surface area contributed by atoms with E-state index in [1.165, 1.54) is 5.56 Å². The van der Waals surface area contributed by atoms with Gasteiger partial charge in [0, 0.05) is 24.8 Å². The molecule has 0 aliphatic carbocycles. The normalized spacial score (nSPS) is 15.4. The SMILES string of the molecule is CCOCc1ccc(C)c(Cc2ncc(-c3ccnc(N4CC(C)(C)NC4=O)c3)o2)c1.